The molecule has 2 N–H and O–H groups in total. The molecule has 0 bridgehead atoms. The van der Waals surface area contributed by atoms with Gasteiger partial charge in [0.2, 0.25) is 0 Å². The Bertz CT molecular complexity index is 602. The van der Waals surface area contributed by atoms with Gasteiger partial charge in [-0.3, -0.25) is 0 Å². The lowest BCUT2D eigenvalue weighted by molar-refractivity contribution is 0.994. The van der Waals surface area contributed by atoms with Crippen LogP contribution in [0.1, 0.15) is 12.6 Å². The molecule has 0 saturated heterocycles. The molecule has 94 valence electrons. The number of anilines is 1. The van der Waals surface area contributed by atoms with Gasteiger partial charge in [-0.25, -0.2) is 9.97 Å². The highest BCUT2D eigenvalue weighted by molar-refractivity contribution is 14.1. The molecule has 0 saturated carbocycles. The van der Waals surface area contributed by atoms with Crippen LogP contribution in [-0.2, 0) is 6.42 Å². The molecule has 0 spiro atoms. The van der Waals surface area contributed by atoms with Crippen LogP contribution in [0.15, 0.2) is 18.2 Å². The van der Waals surface area contributed by atoms with Crippen molar-refractivity contribution in [2.75, 3.05) is 5.73 Å². The summed E-state index contributed by atoms with van der Waals surface area (Å²) >= 11 is 14.2. The minimum Gasteiger partial charge on any atom is -0.383 e. The molecule has 1 heterocycles. The van der Waals surface area contributed by atoms with E-state index in [1.54, 1.807) is 18.2 Å². The molecule has 0 aliphatic rings. The van der Waals surface area contributed by atoms with Gasteiger partial charge < -0.3 is 5.73 Å². The third kappa shape index (κ3) is 2.70. The fraction of sp³-hybridized carbons (Fsp3) is 0.167. The molecular weight excluding hydrogens is 384 g/mol. The van der Waals surface area contributed by atoms with E-state index >= 15 is 0 Å². The average Bonchev–Trinajstić information content (AvgIpc) is 2.35. The highest BCUT2D eigenvalue weighted by Crippen LogP contribution is 2.30. The lowest BCUT2D eigenvalue weighted by Gasteiger charge is -2.09. The molecule has 1 aromatic heterocycles. The van der Waals surface area contributed by atoms with E-state index in [0.29, 0.717) is 27.3 Å². The predicted octanol–water partition coefficient (Wildman–Crippen LogP) is 4.20. The second-order valence-electron chi connectivity index (χ2n) is 3.67. The van der Waals surface area contributed by atoms with Crippen LogP contribution in [0, 0.1) is 3.57 Å². The van der Waals surface area contributed by atoms with Crippen LogP contribution in [0.25, 0.3) is 11.4 Å². The summed E-state index contributed by atoms with van der Waals surface area (Å²) in [6.45, 7) is 2.02. The number of halogens is 3. The van der Waals surface area contributed by atoms with Gasteiger partial charge in [0.25, 0.3) is 0 Å². The van der Waals surface area contributed by atoms with Gasteiger partial charge in [-0.1, -0.05) is 30.1 Å². The fourth-order valence-corrected chi connectivity index (χ4v) is 2.53. The summed E-state index contributed by atoms with van der Waals surface area (Å²) in [5.74, 6) is 0.978. The van der Waals surface area contributed by atoms with Gasteiger partial charge in [0.15, 0.2) is 5.82 Å². The lowest BCUT2D eigenvalue weighted by Crippen LogP contribution is -2.04. The molecule has 0 radical (unpaired) electrons. The van der Waals surface area contributed by atoms with Crippen molar-refractivity contribution in [2.24, 2.45) is 0 Å². The Morgan fingerprint density at radius 1 is 1.28 bits per heavy atom. The summed E-state index contributed by atoms with van der Waals surface area (Å²) in [7, 11) is 0. The van der Waals surface area contributed by atoms with Gasteiger partial charge in [0, 0.05) is 10.6 Å². The Balaban J connectivity index is 2.64. The smallest absolute Gasteiger partial charge is 0.163 e. The van der Waals surface area contributed by atoms with Crippen molar-refractivity contribution in [1.29, 1.82) is 0 Å². The first-order valence-corrected chi connectivity index (χ1v) is 7.13. The molecule has 0 aliphatic carbocycles. The van der Waals surface area contributed by atoms with E-state index in [2.05, 4.69) is 32.6 Å². The quantitative estimate of drug-likeness (QED) is 0.778. The van der Waals surface area contributed by atoms with Crippen LogP contribution in [0.4, 0.5) is 5.82 Å². The third-order valence-corrected chi connectivity index (χ3v) is 4.19. The zero-order valence-corrected chi connectivity index (χ0v) is 13.2. The summed E-state index contributed by atoms with van der Waals surface area (Å²) in [6.07, 6.45) is 0.788. The Kier molecular flexibility index (Phi) is 4.29. The summed E-state index contributed by atoms with van der Waals surface area (Å²) in [4.78, 5) is 8.75. The van der Waals surface area contributed by atoms with Crippen molar-refractivity contribution in [3.63, 3.8) is 0 Å². The van der Waals surface area contributed by atoms with E-state index in [-0.39, 0.29) is 0 Å². The molecule has 2 aromatic rings. The normalized spacial score (nSPS) is 10.7. The summed E-state index contributed by atoms with van der Waals surface area (Å²) < 4.78 is 0.886. The van der Waals surface area contributed by atoms with Crippen LogP contribution in [0.3, 0.4) is 0 Å². The molecule has 0 atom stereocenters. The van der Waals surface area contributed by atoms with Crippen molar-refractivity contribution in [3.8, 4) is 11.4 Å². The second-order valence-corrected chi connectivity index (χ2v) is 5.59. The van der Waals surface area contributed by atoms with Gasteiger partial charge in [-0.15, -0.1) is 0 Å². The number of rotatable bonds is 2. The summed E-state index contributed by atoms with van der Waals surface area (Å²) in [5.41, 5.74) is 7.50. The molecule has 1 aromatic carbocycles. The molecule has 0 amide bonds. The van der Waals surface area contributed by atoms with Crippen LogP contribution in [0.5, 0.6) is 0 Å². The number of hydrogen-bond acceptors (Lipinski definition) is 3. The maximum Gasteiger partial charge on any atom is 0.163 e. The van der Waals surface area contributed by atoms with Gasteiger partial charge >= 0.3 is 0 Å². The molecule has 3 nitrogen and oxygen atoms in total. The Morgan fingerprint density at radius 2 is 2.00 bits per heavy atom. The van der Waals surface area contributed by atoms with E-state index in [0.717, 1.165) is 15.7 Å². The SMILES string of the molecule is CCc1nc(-c2cc(Cl)ccc2Cl)nc(N)c1I. The van der Waals surface area contributed by atoms with Crippen LogP contribution in [-0.4, -0.2) is 9.97 Å². The monoisotopic (exact) mass is 393 g/mol. The fourth-order valence-electron chi connectivity index (χ4n) is 1.54. The summed E-state index contributed by atoms with van der Waals surface area (Å²) in [5, 5.41) is 1.15. The highest BCUT2D eigenvalue weighted by Gasteiger charge is 2.13. The Labute approximate surface area is 129 Å². The van der Waals surface area contributed by atoms with E-state index < -0.39 is 0 Å². The van der Waals surface area contributed by atoms with E-state index in [9.17, 15) is 0 Å². The zero-order valence-electron chi connectivity index (χ0n) is 9.54. The van der Waals surface area contributed by atoms with Crippen LogP contribution in [0.2, 0.25) is 10.0 Å². The first kappa shape index (κ1) is 13.8. The van der Waals surface area contributed by atoms with Gasteiger partial charge in [-0.2, -0.15) is 0 Å². The first-order valence-electron chi connectivity index (χ1n) is 5.30. The molecular formula is C12H10Cl2IN3. The topological polar surface area (TPSA) is 51.8 Å². The number of aromatic nitrogens is 2. The number of benzene rings is 1. The van der Waals surface area contributed by atoms with Crippen LogP contribution < -0.4 is 5.73 Å². The van der Waals surface area contributed by atoms with E-state index in [1.807, 2.05) is 6.92 Å². The predicted molar refractivity (Wildman–Crippen MR) is 84.0 cm³/mol. The van der Waals surface area contributed by atoms with Crippen molar-refractivity contribution < 1.29 is 0 Å². The average molecular weight is 394 g/mol. The molecule has 6 heteroatoms. The maximum absolute atomic E-state index is 6.14. The van der Waals surface area contributed by atoms with Gasteiger partial charge in [0.05, 0.1) is 14.3 Å². The molecule has 18 heavy (non-hydrogen) atoms. The van der Waals surface area contributed by atoms with Crippen molar-refractivity contribution in [3.05, 3.63) is 37.5 Å². The standard InChI is InChI=1S/C12H10Cl2IN3/c1-2-9-10(15)11(16)18-12(17-9)7-5-6(13)3-4-8(7)14/h3-5H,2H2,1H3,(H2,16,17,18). The largest absolute Gasteiger partial charge is 0.383 e. The molecule has 0 unspecified atom stereocenters. The number of aryl methyl sites for hydroxylation is 1. The van der Waals surface area contributed by atoms with Gasteiger partial charge in [-0.05, 0) is 47.2 Å². The minimum absolute atomic E-state index is 0.466. The van der Waals surface area contributed by atoms with Crippen molar-refractivity contribution >= 4 is 51.6 Å². The Hall–Kier alpha value is -0.590. The zero-order chi connectivity index (χ0) is 13.3. The number of hydrogen-bond donors (Lipinski definition) is 1. The summed E-state index contributed by atoms with van der Waals surface area (Å²) in [6, 6.07) is 5.19. The highest BCUT2D eigenvalue weighted by atomic mass is 127. The molecule has 2 rings (SSSR count). The second kappa shape index (κ2) is 5.59. The number of nitrogens with two attached hydrogens (primary N) is 1. The molecule has 0 fully saturated rings. The lowest BCUT2D eigenvalue weighted by atomic mass is 10.2. The molecule has 0 aliphatic heterocycles. The first-order chi connectivity index (χ1) is 8.52. The number of nitrogens with zero attached hydrogens (tertiary/aromatic N) is 2. The van der Waals surface area contributed by atoms with Crippen molar-refractivity contribution in [2.45, 2.75) is 13.3 Å². The maximum atomic E-state index is 6.14. The minimum atomic E-state index is 0.466. The third-order valence-electron chi connectivity index (χ3n) is 2.45. The van der Waals surface area contributed by atoms with E-state index in [1.165, 1.54) is 0 Å². The van der Waals surface area contributed by atoms with Gasteiger partial charge in [0.1, 0.15) is 5.82 Å². The Morgan fingerprint density at radius 3 is 2.67 bits per heavy atom. The van der Waals surface area contributed by atoms with Crippen molar-refractivity contribution in [1.82, 2.24) is 9.97 Å². The number of nitrogen functional groups attached to an aromatic ring is 1. The van der Waals surface area contributed by atoms with E-state index in [4.69, 9.17) is 28.9 Å². The van der Waals surface area contributed by atoms with Crippen LogP contribution >= 0.6 is 45.8 Å².